The Bertz CT molecular complexity index is 263. The quantitative estimate of drug-likeness (QED) is 0.684. The van der Waals surface area contributed by atoms with Crippen LogP contribution in [0.4, 0.5) is 0 Å². The van der Waals surface area contributed by atoms with Crippen molar-refractivity contribution in [1.29, 1.82) is 0 Å². The second kappa shape index (κ2) is 6.04. The summed E-state index contributed by atoms with van der Waals surface area (Å²) in [4.78, 5) is 16.4. The van der Waals surface area contributed by atoms with E-state index < -0.39 is 0 Å². The predicted octanol–water partition coefficient (Wildman–Crippen LogP) is 1.90. The Hall–Kier alpha value is -0.830. The number of rotatable bonds is 3. The number of carbonyl (C=O) groups excluding carboxylic acids is 1. The molecule has 1 aliphatic heterocycles. The van der Waals surface area contributed by atoms with Gasteiger partial charge in [0, 0.05) is 37.8 Å². The first-order valence-electron chi connectivity index (χ1n) is 6.26. The standard InChI is InChI=1S/C13H24N2O/c1-5-6-12(4)13(16)15-9-7-14(8-10-15)11(2)3/h6,11H,5,7-10H2,1-4H3/b12-6+. The summed E-state index contributed by atoms with van der Waals surface area (Å²) in [5.74, 6) is 0.213. The number of allylic oxidation sites excluding steroid dienone is 1. The SMILES string of the molecule is CC/C=C(\C)C(=O)N1CCN(C(C)C)CC1. The molecule has 0 aliphatic carbocycles. The van der Waals surface area contributed by atoms with Gasteiger partial charge in [-0.25, -0.2) is 0 Å². The summed E-state index contributed by atoms with van der Waals surface area (Å²) in [6, 6.07) is 0.588. The minimum Gasteiger partial charge on any atom is -0.336 e. The first kappa shape index (κ1) is 13.2. The summed E-state index contributed by atoms with van der Waals surface area (Å²) >= 11 is 0. The minimum atomic E-state index is 0.213. The highest BCUT2D eigenvalue weighted by Crippen LogP contribution is 2.09. The summed E-state index contributed by atoms with van der Waals surface area (Å²) in [5, 5.41) is 0. The van der Waals surface area contributed by atoms with Crippen molar-refractivity contribution in [3.8, 4) is 0 Å². The van der Waals surface area contributed by atoms with Crippen LogP contribution in [0, 0.1) is 0 Å². The molecule has 0 aromatic rings. The lowest BCUT2D eigenvalue weighted by molar-refractivity contribution is -0.129. The van der Waals surface area contributed by atoms with Crippen molar-refractivity contribution in [2.75, 3.05) is 26.2 Å². The fourth-order valence-electron chi connectivity index (χ4n) is 2.08. The van der Waals surface area contributed by atoms with Crippen LogP contribution in [0.2, 0.25) is 0 Å². The maximum absolute atomic E-state index is 12.0. The Morgan fingerprint density at radius 1 is 1.25 bits per heavy atom. The molecule has 1 saturated heterocycles. The van der Waals surface area contributed by atoms with Gasteiger partial charge in [0.05, 0.1) is 0 Å². The van der Waals surface area contributed by atoms with Crippen molar-refractivity contribution in [3.63, 3.8) is 0 Å². The van der Waals surface area contributed by atoms with Crippen LogP contribution in [-0.2, 0) is 4.79 Å². The van der Waals surface area contributed by atoms with E-state index in [4.69, 9.17) is 0 Å². The molecule has 0 saturated carbocycles. The average Bonchev–Trinajstić information content (AvgIpc) is 2.28. The topological polar surface area (TPSA) is 23.6 Å². The summed E-state index contributed by atoms with van der Waals surface area (Å²) in [7, 11) is 0. The number of amides is 1. The molecule has 16 heavy (non-hydrogen) atoms. The Morgan fingerprint density at radius 3 is 2.25 bits per heavy atom. The molecule has 92 valence electrons. The molecule has 1 heterocycles. The van der Waals surface area contributed by atoms with Gasteiger partial charge in [0.1, 0.15) is 0 Å². The summed E-state index contributed by atoms with van der Waals surface area (Å²) in [6.07, 6.45) is 2.95. The van der Waals surface area contributed by atoms with Crippen LogP contribution in [0.25, 0.3) is 0 Å². The van der Waals surface area contributed by atoms with Gasteiger partial charge < -0.3 is 4.90 Å². The summed E-state index contributed by atoms with van der Waals surface area (Å²) in [6.45, 7) is 12.1. The zero-order valence-corrected chi connectivity index (χ0v) is 11.0. The van der Waals surface area contributed by atoms with Crippen LogP contribution in [0.5, 0.6) is 0 Å². The molecule has 0 aromatic carbocycles. The van der Waals surface area contributed by atoms with Crippen molar-refractivity contribution in [2.45, 2.75) is 40.2 Å². The first-order chi connectivity index (χ1) is 7.56. The Labute approximate surface area is 99.1 Å². The van der Waals surface area contributed by atoms with E-state index >= 15 is 0 Å². The second-order valence-electron chi connectivity index (χ2n) is 4.72. The molecule has 3 heteroatoms. The highest BCUT2D eigenvalue weighted by molar-refractivity contribution is 5.92. The molecule has 3 nitrogen and oxygen atoms in total. The third-order valence-electron chi connectivity index (χ3n) is 3.18. The lowest BCUT2D eigenvalue weighted by Crippen LogP contribution is -2.50. The second-order valence-corrected chi connectivity index (χ2v) is 4.72. The number of hydrogen-bond acceptors (Lipinski definition) is 2. The van der Waals surface area contributed by atoms with E-state index in [1.54, 1.807) is 0 Å². The van der Waals surface area contributed by atoms with E-state index in [1.807, 2.05) is 17.9 Å². The Morgan fingerprint density at radius 2 is 1.81 bits per heavy atom. The number of hydrogen-bond donors (Lipinski definition) is 0. The van der Waals surface area contributed by atoms with Gasteiger partial charge in [-0.1, -0.05) is 13.0 Å². The molecule has 0 atom stereocenters. The van der Waals surface area contributed by atoms with Crippen LogP contribution in [0.15, 0.2) is 11.6 Å². The molecule has 0 spiro atoms. The third-order valence-corrected chi connectivity index (χ3v) is 3.18. The molecule has 0 radical (unpaired) electrons. The fraction of sp³-hybridized carbons (Fsp3) is 0.769. The van der Waals surface area contributed by atoms with E-state index in [1.165, 1.54) is 0 Å². The van der Waals surface area contributed by atoms with Gasteiger partial charge in [-0.3, -0.25) is 9.69 Å². The molecular formula is C13H24N2O. The molecule has 0 unspecified atom stereocenters. The van der Waals surface area contributed by atoms with Gasteiger partial charge in [0.15, 0.2) is 0 Å². The van der Waals surface area contributed by atoms with E-state index in [-0.39, 0.29) is 5.91 Å². The van der Waals surface area contributed by atoms with Crippen molar-refractivity contribution in [2.24, 2.45) is 0 Å². The maximum Gasteiger partial charge on any atom is 0.249 e. The lowest BCUT2D eigenvalue weighted by Gasteiger charge is -2.37. The van der Waals surface area contributed by atoms with E-state index in [9.17, 15) is 4.79 Å². The zero-order valence-electron chi connectivity index (χ0n) is 11.0. The molecule has 0 bridgehead atoms. The number of carbonyl (C=O) groups is 1. The molecule has 1 amide bonds. The highest BCUT2D eigenvalue weighted by atomic mass is 16.2. The number of nitrogens with zero attached hydrogens (tertiary/aromatic N) is 2. The molecule has 1 aliphatic rings. The van der Waals surface area contributed by atoms with Crippen molar-refractivity contribution < 1.29 is 4.79 Å². The summed E-state index contributed by atoms with van der Waals surface area (Å²) < 4.78 is 0. The molecule has 1 rings (SSSR count). The highest BCUT2D eigenvalue weighted by Gasteiger charge is 2.22. The van der Waals surface area contributed by atoms with Gasteiger partial charge in [0.25, 0.3) is 0 Å². The van der Waals surface area contributed by atoms with Crippen molar-refractivity contribution >= 4 is 5.91 Å². The minimum absolute atomic E-state index is 0.213. The van der Waals surface area contributed by atoms with E-state index in [0.717, 1.165) is 38.2 Å². The lowest BCUT2D eigenvalue weighted by atomic mass is 10.2. The monoisotopic (exact) mass is 224 g/mol. The van der Waals surface area contributed by atoms with Gasteiger partial charge in [-0.05, 0) is 27.2 Å². The van der Waals surface area contributed by atoms with Crippen molar-refractivity contribution in [1.82, 2.24) is 9.80 Å². The van der Waals surface area contributed by atoms with Crippen LogP contribution < -0.4 is 0 Å². The van der Waals surface area contributed by atoms with Crippen LogP contribution >= 0.6 is 0 Å². The van der Waals surface area contributed by atoms with Gasteiger partial charge in [0.2, 0.25) is 5.91 Å². The maximum atomic E-state index is 12.0. The van der Waals surface area contributed by atoms with Crippen LogP contribution in [0.3, 0.4) is 0 Å². The van der Waals surface area contributed by atoms with Crippen LogP contribution in [-0.4, -0.2) is 47.9 Å². The van der Waals surface area contributed by atoms with Gasteiger partial charge in [-0.2, -0.15) is 0 Å². The first-order valence-corrected chi connectivity index (χ1v) is 6.26. The largest absolute Gasteiger partial charge is 0.336 e. The summed E-state index contributed by atoms with van der Waals surface area (Å²) in [5.41, 5.74) is 0.889. The number of piperazine rings is 1. The fourth-order valence-corrected chi connectivity index (χ4v) is 2.08. The molecule has 0 aromatic heterocycles. The van der Waals surface area contributed by atoms with Gasteiger partial charge >= 0.3 is 0 Å². The van der Waals surface area contributed by atoms with E-state index in [2.05, 4.69) is 25.7 Å². The Balaban J connectivity index is 2.48. The average molecular weight is 224 g/mol. The predicted molar refractivity (Wildman–Crippen MR) is 67.3 cm³/mol. The smallest absolute Gasteiger partial charge is 0.249 e. The van der Waals surface area contributed by atoms with Crippen LogP contribution in [0.1, 0.15) is 34.1 Å². The zero-order chi connectivity index (χ0) is 12.1. The molecule has 1 fully saturated rings. The van der Waals surface area contributed by atoms with Gasteiger partial charge in [-0.15, -0.1) is 0 Å². The third kappa shape index (κ3) is 3.34. The normalized spacial score (nSPS) is 19.3. The van der Waals surface area contributed by atoms with E-state index in [0.29, 0.717) is 6.04 Å². The molecule has 0 N–H and O–H groups in total. The Kier molecular flexibility index (Phi) is 5.00. The molecular weight excluding hydrogens is 200 g/mol. The van der Waals surface area contributed by atoms with Crippen molar-refractivity contribution in [3.05, 3.63) is 11.6 Å².